The molecule has 0 amide bonds. The lowest BCUT2D eigenvalue weighted by atomic mass is 9.81. The molecule has 0 spiro atoms. The maximum absolute atomic E-state index is 5.29. The van der Waals surface area contributed by atoms with Crippen LogP contribution in [-0.2, 0) is 5.41 Å². The molecule has 242 valence electrons. The minimum absolute atomic E-state index is 0.0815. The van der Waals surface area contributed by atoms with E-state index < -0.39 is 0 Å². The van der Waals surface area contributed by atoms with Gasteiger partial charge in [-0.15, -0.1) is 0 Å². The average molecular weight is 653 g/mol. The van der Waals surface area contributed by atoms with Crippen molar-refractivity contribution in [2.45, 2.75) is 19.3 Å². The Labute approximate surface area is 299 Å². The van der Waals surface area contributed by atoms with Crippen LogP contribution >= 0.6 is 0 Å². The third kappa shape index (κ3) is 5.37. The van der Waals surface area contributed by atoms with Crippen LogP contribution in [0.5, 0.6) is 0 Å². The molecule has 8 aromatic rings. The molecule has 51 heavy (non-hydrogen) atoms. The van der Waals surface area contributed by atoms with Gasteiger partial charge in [0.15, 0.2) is 5.82 Å². The molecular formula is C49H36N2. The lowest BCUT2D eigenvalue weighted by Gasteiger charge is -2.22. The van der Waals surface area contributed by atoms with Crippen molar-refractivity contribution in [1.29, 1.82) is 0 Å². The van der Waals surface area contributed by atoms with Crippen LogP contribution < -0.4 is 0 Å². The number of rotatable bonds is 6. The minimum Gasteiger partial charge on any atom is -0.228 e. The standard InChI is InChI=1S/C49H36N2/c1-49(2)43-27-15-14-25-41(43)47-40(26-16-28-44(47)49)38-23-12-13-24-39(38)46-32-45(50-48(51-46)35-21-10-5-11-22-35)36-29-30-37(33-17-6-3-7-18-33)42(31-36)34-19-8-4-9-20-34/h3-32H,1-2H3. The molecule has 1 aliphatic carbocycles. The van der Waals surface area contributed by atoms with Crippen LogP contribution in [0.4, 0.5) is 0 Å². The number of hydrogen-bond donors (Lipinski definition) is 0. The van der Waals surface area contributed by atoms with E-state index in [4.69, 9.17) is 9.97 Å². The summed E-state index contributed by atoms with van der Waals surface area (Å²) in [6, 6.07) is 64.8. The van der Waals surface area contributed by atoms with Crippen molar-refractivity contribution >= 4 is 0 Å². The highest BCUT2D eigenvalue weighted by Crippen LogP contribution is 2.53. The molecule has 0 N–H and O–H groups in total. The van der Waals surface area contributed by atoms with Crippen molar-refractivity contribution in [2.24, 2.45) is 0 Å². The van der Waals surface area contributed by atoms with Crippen LogP contribution in [0, 0.1) is 0 Å². The predicted octanol–water partition coefficient (Wildman–Crippen LogP) is 12.8. The van der Waals surface area contributed by atoms with Crippen molar-refractivity contribution in [1.82, 2.24) is 9.97 Å². The Morgan fingerprint density at radius 2 is 0.863 bits per heavy atom. The summed E-state index contributed by atoms with van der Waals surface area (Å²) in [5, 5.41) is 0. The molecule has 9 rings (SSSR count). The quantitative estimate of drug-likeness (QED) is 0.179. The van der Waals surface area contributed by atoms with Gasteiger partial charge in [0, 0.05) is 22.1 Å². The topological polar surface area (TPSA) is 25.8 Å². The molecule has 7 aromatic carbocycles. The van der Waals surface area contributed by atoms with E-state index >= 15 is 0 Å². The highest BCUT2D eigenvalue weighted by Gasteiger charge is 2.36. The molecule has 2 nitrogen and oxygen atoms in total. The van der Waals surface area contributed by atoms with E-state index in [1.54, 1.807) is 0 Å². The fourth-order valence-electron chi connectivity index (χ4n) is 7.80. The van der Waals surface area contributed by atoms with Crippen molar-refractivity contribution < 1.29 is 0 Å². The third-order valence-electron chi connectivity index (χ3n) is 10.3. The number of benzene rings is 7. The SMILES string of the molecule is CC1(C)c2ccccc2-c2c(-c3ccccc3-c3cc(-c4ccc(-c5ccccc5)c(-c5ccccc5)c4)nc(-c4ccccc4)n3)cccc21. The number of hydrogen-bond acceptors (Lipinski definition) is 2. The molecule has 0 radical (unpaired) electrons. The zero-order valence-corrected chi connectivity index (χ0v) is 28.7. The maximum Gasteiger partial charge on any atom is 0.160 e. The largest absolute Gasteiger partial charge is 0.228 e. The van der Waals surface area contributed by atoms with E-state index in [0.717, 1.165) is 33.6 Å². The Hall–Kier alpha value is -6.38. The van der Waals surface area contributed by atoms with E-state index in [2.05, 4.69) is 178 Å². The Bertz CT molecular complexity index is 2530. The summed E-state index contributed by atoms with van der Waals surface area (Å²) in [4.78, 5) is 10.5. The van der Waals surface area contributed by atoms with Crippen LogP contribution in [0.25, 0.3) is 78.4 Å². The Kier molecular flexibility index (Phi) is 7.51. The lowest BCUT2D eigenvalue weighted by molar-refractivity contribution is 0.660. The summed E-state index contributed by atoms with van der Waals surface area (Å²) in [7, 11) is 0. The van der Waals surface area contributed by atoms with Gasteiger partial charge in [-0.1, -0.05) is 184 Å². The first kappa shape index (κ1) is 30.7. The monoisotopic (exact) mass is 652 g/mol. The van der Waals surface area contributed by atoms with Crippen molar-refractivity contribution in [3.05, 3.63) is 193 Å². The summed E-state index contributed by atoms with van der Waals surface area (Å²) in [6.07, 6.45) is 0. The molecule has 0 fully saturated rings. The second-order valence-electron chi connectivity index (χ2n) is 13.8. The van der Waals surface area contributed by atoms with Gasteiger partial charge in [-0.05, 0) is 67.8 Å². The second-order valence-corrected chi connectivity index (χ2v) is 13.8. The summed E-state index contributed by atoms with van der Waals surface area (Å²) in [6.45, 7) is 4.67. The summed E-state index contributed by atoms with van der Waals surface area (Å²) in [5.41, 5.74) is 17.3. The Morgan fingerprint density at radius 3 is 1.57 bits per heavy atom. The first-order chi connectivity index (χ1) is 25.1. The van der Waals surface area contributed by atoms with E-state index in [-0.39, 0.29) is 5.41 Å². The van der Waals surface area contributed by atoms with E-state index in [1.165, 1.54) is 50.1 Å². The van der Waals surface area contributed by atoms with Crippen LogP contribution in [0.1, 0.15) is 25.0 Å². The zero-order valence-electron chi connectivity index (χ0n) is 28.7. The first-order valence-corrected chi connectivity index (χ1v) is 17.6. The number of fused-ring (bicyclic) bond motifs is 3. The molecule has 0 unspecified atom stereocenters. The lowest BCUT2D eigenvalue weighted by Crippen LogP contribution is -2.14. The van der Waals surface area contributed by atoms with Gasteiger partial charge < -0.3 is 0 Å². The molecule has 1 aliphatic rings. The van der Waals surface area contributed by atoms with Crippen LogP contribution in [0.15, 0.2) is 182 Å². The summed E-state index contributed by atoms with van der Waals surface area (Å²) in [5.74, 6) is 0.705. The molecule has 0 bridgehead atoms. The van der Waals surface area contributed by atoms with Crippen LogP contribution in [0.2, 0.25) is 0 Å². The van der Waals surface area contributed by atoms with E-state index in [9.17, 15) is 0 Å². The molecule has 0 aliphatic heterocycles. The van der Waals surface area contributed by atoms with Gasteiger partial charge in [-0.2, -0.15) is 0 Å². The van der Waals surface area contributed by atoms with Crippen molar-refractivity contribution in [2.75, 3.05) is 0 Å². The summed E-state index contributed by atoms with van der Waals surface area (Å²) >= 11 is 0. The van der Waals surface area contributed by atoms with Crippen molar-refractivity contribution in [3.8, 4) is 78.4 Å². The van der Waals surface area contributed by atoms with Crippen molar-refractivity contribution in [3.63, 3.8) is 0 Å². The molecule has 0 saturated carbocycles. The van der Waals surface area contributed by atoms with E-state index in [0.29, 0.717) is 5.82 Å². The number of aromatic nitrogens is 2. The summed E-state index contributed by atoms with van der Waals surface area (Å²) < 4.78 is 0. The van der Waals surface area contributed by atoms with Gasteiger partial charge in [-0.25, -0.2) is 9.97 Å². The minimum atomic E-state index is -0.0815. The molecule has 0 atom stereocenters. The van der Waals surface area contributed by atoms with E-state index in [1.807, 2.05) is 18.2 Å². The predicted molar refractivity (Wildman–Crippen MR) is 212 cm³/mol. The zero-order chi connectivity index (χ0) is 34.4. The third-order valence-corrected chi connectivity index (χ3v) is 10.3. The highest BCUT2D eigenvalue weighted by atomic mass is 14.9. The number of nitrogens with zero attached hydrogens (tertiary/aromatic N) is 2. The van der Waals surface area contributed by atoms with Gasteiger partial charge in [0.1, 0.15) is 0 Å². The van der Waals surface area contributed by atoms with Crippen LogP contribution in [-0.4, -0.2) is 9.97 Å². The van der Waals surface area contributed by atoms with Gasteiger partial charge in [0.05, 0.1) is 11.4 Å². The fourth-order valence-corrected chi connectivity index (χ4v) is 7.80. The average Bonchev–Trinajstić information content (AvgIpc) is 3.44. The van der Waals surface area contributed by atoms with Gasteiger partial charge in [0.2, 0.25) is 0 Å². The molecule has 0 saturated heterocycles. The second kappa shape index (κ2) is 12.5. The van der Waals surface area contributed by atoms with Crippen LogP contribution in [0.3, 0.4) is 0 Å². The Balaban J connectivity index is 1.26. The maximum atomic E-state index is 5.29. The van der Waals surface area contributed by atoms with Gasteiger partial charge >= 0.3 is 0 Å². The normalized spacial score (nSPS) is 12.7. The van der Waals surface area contributed by atoms with Gasteiger partial charge in [-0.3, -0.25) is 0 Å². The molecule has 1 aromatic heterocycles. The fraction of sp³-hybridized carbons (Fsp3) is 0.0612. The molecular weight excluding hydrogens is 617 g/mol. The van der Waals surface area contributed by atoms with Gasteiger partial charge in [0.25, 0.3) is 0 Å². The highest BCUT2D eigenvalue weighted by molar-refractivity contribution is 5.97. The smallest absolute Gasteiger partial charge is 0.160 e. The first-order valence-electron chi connectivity index (χ1n) is 17.6. The molecule has 1 heterocycles. The molecule has 2 heteroatoms. The Morgan fingerprint density at radius 1 is 0.333 bits per heavy atom.